The molecule has 0 saturated carbocycles. The number of nitrogens with two attached hydrogens (primary N) is 2. The van der Waals surface area contributed by atoms with Crippen LogP contribution in [0.3, 0.4) is 0 Å². The largest absolute Gasteiger partial charge is 0.487 e. The molecule has 0 spiro atoms. The van der Waals surface area contributed by atoms with Gasteiger partial charge >= 0.3 is 0 Å². The fraction of sp³-hybridized carbons (Fsp3) is 0.500. The zero-order valence-corrected chi connectivity index (χ0v) is 9.29. The lowest BCUT2D eigenvalue weighted by atomic mass is 9.98. The second kappa shape index (κ2) is 3.51. The molecule has 3 nitrogen and oxygen atoms in total. The predicted molar refractivity (Wildman–Crippen MR) is 60.8 cm³/mol. The van der Waals surface area contributed by atoms with Crippen molar-refractivity contribution in [3.05, 3.63) is 29.3 Å². The normalized spacial score (nSPS) is 19.5. The number of ether oxygens (including phenoxy) is 1. The van der Waals surface area contributed by atoms with Crippen LogP contribution < -0.4 is 16.2 Å². The van der Waals surface area contributed by atoms with Crippen molar-refractivity contribution >= 4 is 0 Å². The van der Waals surface area contributed by atoms with Crippen molar-refractivity contribution in [1.82, 2.24) is 0 Å². The van der Waals surface area contributed by atoms with E-state index in [1.807, 2.05) is 12.1 Å². The van der Waals surface area contributed by atoms with Gasteiger partial charge in [-0.3, -0.25) is 0 Å². The van der Waals surface area contributed by atoms with Crippen LogP contribution in [-0.2, 0) is 6.42 Å². The third kappa shape index (κ3) is 1.98. The highest BCUT2D eigenvalue weighted by molar-refractivity contribution is 5.42. The lowest BCUT2D eigenvalue weighted by Gasteiger charge is -2.16. The predicted octanol–water partition coefficient (Wildman–Crippen LogP) is 1.36. The Morgan fingerprint density at radius 2 is 2.20 bits per heavy atom. The lowest BCUT2D eigenvalue weighted by molar-refractivity contribution is 0.138. The zero-order valence-electron chi connectivity index (χ0n) is 9.29. The van der Waals surface area contributed by atoms with Gasteiger partial charge in [-0.2, -0.15) is 0 Å². The van der Waals surface area contributed by atoms with Crippen LogP contribution in [0.15, 0.2) is 18.2 Å². The number of rotatable bonds is 2. The highest BCUT2D eigenvalue weighted by Gasteiger charge is 2.30. The Kier molecular flexibility index (Phi) is 2.44. The fourth-order valence-corrected chi connectivity index (χ4v) is 2.00. The van der Waals surface area contributed by atoms with Crippen LogP contribution >= 0.6 is 0 Å². The second-order valence-electron chi connectivity index (χ2n) is 4.75. The molecule has 1 aliphatic heterocycles. The molecule has 4 N–H and O–H groups in total. The molecule has 0 saturated heterocycles. The van der Waals surface area contributed by atoms with Crippen LogP contribution in [0.1, 0.15) is 31.0 Å². The summed E-state index contributed by atoms with van der Waals surface area (Å²) in [5.74, 6) is 0.980. The van der Waals surface area contributed by atoms with Crippen LogP contribution in [0, 0.1) is 0 Å². The van der Waals surface area contributed by atoms with E-state index in [-0.39, 0.29) is 11.6 Å². The number of hydrogen-bond donors (Lipinski definition) is 2. The quantitative estimate of drug-likeness (QED) is 0.768. The summed E-state index contributed by atoms with van der Waals surface area (Å²) in [6, 6.07) is 6.04. The zero-order chi connectivity index (χ0) is 11.1. The molecule has 3 heteroatoms. The van der Waals surface area contributed by atoms with Crippen LogP contribution in [0.5, 0.6) is 5.75 Å². The Morgan fingerprint density at radius 3 is 2.87 bits per heavy atom. The molecule has 15 heavy (non-hydrogen) atoms. The third-order valence-electron chi connectivity index (χ3n) is 2.77. The van der Waals surface area contributed by atoms with Crippen molar-refractivity contribution in [2.24, 2.45) is 11.5 Å². The highest BCUT2D eigenvalue weighted by Crippen LogP contribution is 2.35. The minimum atomic E-state index is -0.0895. The first-order chi connectivity index (χ1) is 7.02. The maximum Gasteiger partial charge on any atom is 0.123 e. The summed E-state index contributed by atoms with van der Waals surface area (Å²) >= 11 is 0. The molecule has 1 heterocycles. The first-order valence-corrected chi connectivity index (χ1v) is 5.29. The van der Waals surface area contributed by atoms with Crippen LogP contribution in [0.25, 0.3) is 0 Å². The molecule has 1 atom stereocenters. The summed E-state index contributed by atoms with van der Waals surface area (Å²) in [7, 11) is 0. The monoisotopic (exact) mass is 206 g/mol. The summed E-state index contributed by atoms with van der Waals surface area (Å²) in [6.07, 6.45) is 0.938. The second-order valence-corrected chi connectivity index (χ2v) is 4.75. The van der Waals surface area contributed by atoms with E-state index in [2.05, 4.69) is 19.9 Å². The van der Waals surface area contributed by atoms with Crippen molar-refractivity contribution in [2.75, 3.05) is 6.54 Å². The maximum absolute atomic E-state index is 5.89. The van der Waals surface area contributed by atoms with Gasteiger partial charge in [-0.05, 0) is 31.0 Å². The minimum Gasteiger partial charge on any atom is -0.487 e. The maximum atomic E-state index is 5.89. The number of fused-ring (bicyclic) bond motifs is 1. The molecule has 0 amide bonds. The standard InChI is InChI=1S/C12H18N2O/c1-12(2)6-9-5-8(10(14)7-13)3-4-11(9)15-12/h3-5,10H,6-7,13-14H2,1-2H3/t10-/m0/s1. The Balaban J connectivity index is 2.30. The number of benzene rings is 1. The average Bonchev–Trinajstić information content (AvgIpc) is 2.49. The first kappa shape index (κ1) is 10.5. The lowest BCUT2D eigenvalue weighted by Crippen LogP contribution is -2.24. The Hall–Kier alpha value is -1.06. The SMILES string of the molecule is CC1(C)Cc2cc([C@@H](N)CN)ccc2O1. The molecule has 2 rings (SSSR count). The molecular weight excluding hydrogens is 188 g/mol. The van der Waals surface area contributed by atoms with Crippen molar-refractivity contribution < 1.29 is 4.74 Å². The smallest absolute Gasteiger partial charge is 0.123 e. The fourth-order valence-electron chi connectivity index (χ4n) is 2.00. The van der Waals surface area contributed by atoms with Crippen molar-refractivity contribution in [2.45, 2.75) is 31.9 Å². The summed E-state index contributed by atoms with van der Waals surface area (Å²) in [4.78, 5) is 0. The summed E-state index contributed by atoms with van der Waals surface area (Å²) in [5.41, 5.74) is 13.7. The van der Waals surface area contributed by atoms with E-state index in [1.165, 1.54) is 5.56 Å². The van der Waals surface area contributed by atoms with Gasteiger partial charge in [0.15, 0.2) is 0 Å². The summed E-state index contributed by atoms with van der Waals surface area (Å²) < 4.78 is 5.79. The van der Waals surface area contributed by atoms with Crippen molar-refractivity contribution in [3.63, 3.8) is 0 Å². The van der Waals surface area contributed by atoms with Gasteiger partial charge in [0.1, 0.15) is 11.4 Å². The van der Waals surface area contributed by atoms with E-state index < -0.39 is 0 Å². The molecule has 82 valence electrons. The van der Waals surface area contributed by atoms with Gasteiger partial charge < -0.3 is 16.2 Å². The van der Waals surface area contributed by atoms with Gasteiger partial charge in [-0.1, -0.05) is 12.1 Å². The van der Waals surface area contributed by atoms with E-state index in [9.17, 15) is 0 Å². The molecule has 0 bridgehead atoms. The molecule has 1 aromatic rings. The van der Waals surface area contributed by atoms with Crippen molar-refractivity contribution in [1.29, 1.82) is 0 Å². The molecule has 0 aliphatic carbocycles. The van der Waals surface area contributed by atoms with Gasteiger partial charge in [-0.15, -0.1) is 0 Å². The van der Waals surface area contributed by atoms with Crippen LogP contribution in [0.4, 0.5) is 0 Å². The van der Waals surface area contributed by atoms with E-state index in [0.29, 0.717) is 6.54 Å². The Bertz CT molecular complexity index is 374. The van der Waals surface area contributed by atoms with Crippen LogP contribution in [0.2, 0.25) is 0 Å². The molecule has 1 aliphatic rings. The first-order valence-electron chi connectivity index (χ1n) is 5.29. The van der Waals surface area contributed by atoms with Gasteiger partial charge in [0.25, 0.3) is 0 Å². The van der Waals surface area contributed by atoms with E-state index >= 15 is 0 Å². The molecule has 1 aromatic carbocycles. The van der Waals surface area contributed by atoms with E-state index in [1.54, 1.807) is 0 Å². The minimum absolute atomic E-state index is 0.0704. The van der Waals surface area contributed by atoms with Gasteiger partial charge in [-0.25, -0.2) is 0 Å². The Morgan fingerprint density at radius 1 is 1.47 bits per heavy atom. The molecule has 0 aromatic heterocycles. The Labute approximate surface area is 90.4 Å². The van der Waals surface area contributed by atoms with Crippen molar-refractivity contribution in [3.8, 4) is 5.75 Å². The average molecular weight is 206 g/mol. The summed E-state index contributed by atoms with van der Waals surface area (Å²) in [6.45, 7) is 4.66. The van der Waals surface area contributed by atoms with E-state index in [0.717, 1.165) is 17.7 Å². The molecule has 0 fully saturated rings. The third-order valence-corrected chi connectivity index (χ3v) is 2.77. The summed E-state index contributed by atoms with van der Waals surface area (Å²) in [5, 5.41) is 0. The van der Waals surface area contributed by atoms with E-state index in [4.69, 9.17) is 16.2 Å². The molecule has 0 unspecified atom stereocenters. The molecule has 0 radical (unpaired) electrons. The highest BCUT2D eigenvalue weighted by atomic mass is 16.5. The molecular formula is C12H18N2O. The van der Waals surface area contributed by atoms with Gasteiger partial charge in [0, 0.05) is 19.0 Å². The number of hydrogen-bond acceptors (Lipinski definition) is 3. The van der Waals surface area contributed by atoms with Crippen LogP contribution in [-0.4, -0.2) is 12.1 Å². The van der Waals surface area contributed by atoms with Gasteiger partial charge in [0.05, 0.1) is 0 Å². The topological polar surface area (TPSA) is 61.3 Å². The van der Waals surface area contributed by atoms with Gasteiger partial charge in [0.2, 0.25) is 0 Å².